The van der Waals surface area contributed by atoms with Gasteiger partial charge in [-0.25, -0.2) is 0 Å². The lowest BCUT2D eigenvalue weighted by Gasteiger charge is -2.11. The van der Waals surface area contributed by atoms with Crippen LogP contribution in [0.4, 0.5) is 5.69 Å². The van der Waals surface area contributed by atoms with E-state index in [-0.39, 0.29) is 0 Å². The van der Waals surface area contributed by atoms with Gasteiger partial charge in [-0.2, -0.15) is 0 Å². The van der Waals surface area contributed by atoms with Crippen molar-refractivity contribution in [2.75, 3.05) is 5.73 Å². The molecular formula is C19H31NO. The molecule has 0 aliphatic heterocycles. The average Bonchev–Trinajstić information content (AvgIpc) is 2.47. The van der Waals surface area contributed by atoms with Crippen LogP contribution in [0, 0.1) is 0 Å². The van der Waals surface area contributed by atoms with E-state index in [1.54, 1.807) is 0 Å². The minimum atomic E-state index is 0.294. The first kappa shape index (κ1) is 17.7. The number of nitrogens with two attached hydrogens (primary N) is 1. The number of hydrogen-bond donors (Lipinski definition) is 1. The molecule has 2 nitrogen and oxygen atoms in total. The first-order valence-electron chi connectivity index (χ1n) is 8.50. The van der Waals surface area contributed by atoms with Crippen molar-refractivity contribution in [3.63, 3.8) is 0 Å². The van der Waals surface area contributed by atoms with Gasteiger partial charge in [0.05, 0.1) is 0 Å². The summed E-state index contributed by atoms with van der Waals surface area (Å²) in [5.74, 6) is 0.690. The Hall–Kier alpha value is -1.31. The Labute approximate surface area is 130 Å². The first-order chi connectivity index (χ1) is 10.1. The highest BCUT2D eigenvalue weighted by Gasteiger charge is 2.10. The van der Waals surface area contributed by atoms with Crippen molar-refractivity contribution in [2.45, 2.75) is 77.6 Å². The molecule has 2 heteroatoms. The van der Waals surface area contributed by atoms with Crippen LogP contribution in [-0.4, -0.2) is 5.78 Å². The van der Waals surface area contributed by atoms with Gasteiger partial charge in [0.15, 0.2) is 0 Å². The molecule has 0 aliphatic rings. The van der Waals surface area contributed by atoms with Crippen molar-refractivity contribution in [2.24, 2.45) is 0 Å². The molecule has 0 saturated carbocycles. The molecule has 21 heavy (non-hydrogen) atoms. The van der Waals surface area contributed by atoms with Crippen LogP contribution in [0.25, 0.3) is 0 Å². The van der Waals surface area contributed by atoms with Gasteiger partial charge in [-0.3, -0.25) is 4.79 Å². The van der Waals surface area contributed by atoms with Crippen molar-refractivity contribution >= 4 is 11.5 Å². The maximum Gasteiger partial charge on any atom is 0.133 e. The largest absolute Gasteiger partial charge is 0.399 e. The molecule has 0 amide bonds. The molecule has 118 valence electrons. The fraction of sp³-hybridized carbons (Fsp3) is 0.632. The normalized spacial score (nSPS) is 12.3. The van der Waals surface area contributed by atoms with Gasteiger partial charge in [0.2, 0.25) is 0 Å². The van der Waals surface area contributed by atoms with Crippen molar-refractivity contribution in [1.29, 1.82) is 0 Å². The second kappa shape index (κ2) is 10.4. The van der Waals surface area contributed by atoms with E-state index >= 15 is 0 Å². The third-order valence-electron chi connectivity index (χ3n) is 4.10. The standard InChI is InChI=1S/C19H31NO/c1-3-4-5-6-7-8-9-10-19(21)15-16(2)17-11-13-18(20)14-12-17/h11-14,16H,3-10,15,20H2,1-2H3. The number of ketones is 1. The molecule has 0 fully saturated rings. The molecule has 1 aromatic rings. The first-order valence-corrected chi connectivity index (χ1v) is 8.50. The van der Waals surface area contributed by atoms with Crippen LogP contribution in [0.1, 0.15) is 83.1 Å². The van der Waals surface area contributed by atoms with Gasteiger partial charge in [0, 0.05) is 18.5 Å². The van der Waals surface area contributed by atoms with Gasteiger partial charge in [-0.05, 0) is 30.0 Å². The molecule has 2 N–H and O–H groups in total. The van der Waals surface area contributed by atoms with Gasteiger partial charge in [0.1, 0.15) is 5.78 Å². The lowest BCUT2D eigenvalue weighted by Crippen LogP contribution is -2.04. The lowest BCUT2D eigenvalue weighted by molar-refractivity contribution is -0.119. The van der Waals surface area contributed by atoms with Crippen LogP contribution >= 0.6 is 0 Å². The van der Waals surface area contributed by atoms with Gasteiger partial charge in [0.25, 0.3) is 0 Å². The average molecular weight is 289 g/mol. The number of anilines is 1. The highest BCUT2D eigenvalue weighted by atomic mass is 16.1. The molecule has 1 rings (SSSR count). The summed E-state index contributed by atoms with van der Waals surface area (Å²) in [6.07, 6.45) is 10.2. The topological polar surface area (TPSA) is 43.1 Å². The van der Waals surface area contributed by atoms with Crippen LogP contribution in [0.3, 0.4) is 0 Å². The van der Waals surface area contributed by atoms with Crippen molar-refractivity contribution in [3.05, 3.63) is 29.8 Å². The summed E-state index contributed by atoms with van der Waals surface area (Å²) in [7, 11) is 0. The van der Waals surface area contributed by atoms with Crippen LogP contribution in [-0.2, 0) is 4.79 Å². The number of benzene rings is 1. The van der Waals surface area contributed by atoms with E-state index in [1.807, 2.05) is 24.3 Å². The Morgan fingerprint density at radius 2 is 1.57 bits per heavy atom. The number of unbranched alkanes of at least 4 members (excludes halogenated alkanes) is 6. The summed E-state index contributed by atoms with van der Waals surface area (Å²) in [6, 6.07) is 7.88. The number of carbonyl (C=O) groups excluding carboxylic acids is 1. The SMILES string of the molecule is CCCCCCCCCC(=O)CC(C)c1ccc(N)cc1. The fourth-order valence-corrected chi connectivity index (χ4v) is 2.67. The quantitative estimate of drug-likeness (QED) is 0.433. The van der Waals surface area contributed by atoms with Crippen molar-refractivity contribution in [3.8, 4) is 0 Å². The second-order valence-corrected chi connectivity index (χ2v) is 6.18. The third kappa shape index (κ3) is 7.89. The summed E-state index contributed by atoms with van der Waals surface area (Å²) in [4.78, 5) is 12.0. The molecule has 1 atom stereocenters. The fourth-order valence-electron chi connectivity index (χ4n) is 2.67. The van der Waals surface area contributed by atoms with Gasteiger partial charge in [-0.15, -0.1) is 0 Å². The number of rotatable bonds is 11. The highest BCUT2D eigenvalue weighted by Crippen LogP contribution is 2.21. The van der Waals surface area contributed by atoms with Crippen LogP contribution in [0.5, 0.6) is 0 Å². The van der Waals surface area contributed by atoms with Crippen LogP contribution in [0.2, 0.25) is 0 Å². The maximum atomic E-state index is 12.0. The van der Waals surface area contributed by atoms with E-state index < -0.39 is 0 Å². The predicted octanol–water partition coefficient (Wildman–Crippen LogP) is 5.47. The molecule has 0 heterocycles. The molecule has 0 spiro atoms. The van der Waals surface area contributed by atoms with Crippen molar-refractivity contribution in [1.82, 2.24) is 0 Å². The minimum Gasteiger partial charge on any atom is -0.399 e. The summed E-state index contributed by atoms with van der Waals surface area (Å²) in [5, 5.41) is 0. The third-order valence-corrected chi connectivity index (χ3v) is 4.10. The zero-order chi connectivity index (χ0) is 15.5. The van der Waals surface area contributed by atoms with Gasteiger partial charge < -0.3 is 5.73 Å². The zero-order valence-corrected chi connectivity index (χ0v) is 13.7. The van der Waals surface area contributed by atoms with Crippen LogP contribution in [0.15, 0.2) is 24.3 Å². The summed E-state index contributed by atoms with van der Waals surface area (Å²) in [5.41, 5.74) is 7.67. The maximum absolute atomic E-state index is 12.0. The van der Waals surface area contributed by atoms with Crippen molar-refractivity contribution < 1.29 is 4.79 Å². The molecule has 0 bridgehead atoms. The molecule has 0 aromatic heterocycles. The molecule has 0 aliphatic carbocycles. The van der Waals surface area contributed by atoms with Gasteiger partial charge >= 0.3 is 0 Å². The number of carbonyl (C=O) groups is 1. The highest BCUT2D eigenvalue weighted by molar-refractivity contribution is 5.79. The van der Waals surface area contributed by atoms with E-state index in [1.165, 1.54) is 44.1 Å². The zero-order valence-electron chi connectivity index (χ0n) is 13.7. The molecular weight excluding hydrogens is 258 g/mol. The van der Waals surface area contributed by atoms with Crippen LogP contribution < -0.4 is 5.73 Å². The smallest absolute Gasteiger partial charge is 0.133 e. The summed E-state index contributed by atoms with van der Waals surface area (Å²) in [6.45, 7) is 4.36. The Morgan fingerprint density at radius 1 is 1.00 bits per heavy atom. The Bertz CT molecular complexity index is 397. The van der Waals surface area contributed by atoms with E-state index in [2.05, 4.69) is 13.8 Å². The van der Waals surface area contributed by atoms with E-state index in [0.717, 1.165) is 18.5 Å². The Balaban J connectivity index is 2.14. The molecule has 1 unspecified atom stereocenters. The van der Waals surface area contributed by atoms with E-state index in [4.69, 9.17) is 5.73 Å². The Kier molecular flexibility index (Phi) is 8.80. The minimum absolute atomic E-state index is 0.294. The monoisotopic (exact) mass is 289 g/mol. The van der Waals surface area contributed by atoms with E-state index in [9.17, 15) is 4.79 Å². The predicted molar refractivity (Wildman–Crippen MR) is 91.5 cm³/mol. The van der Waals surface area contributed by atoms with E-state index in [0.29, 0.717) is 18.1 Å². The number of hydrogen-bond acceptors (Lipinski definition) is 2. The lowest BCUT2D eigenvalue weighted by atomic mass is 9.93. The second-order valence-electron chi connectivity index (χ2n) is 6.18. The summed E-state index contributed by atoms with van der Waals surface area (Å²) < 4.78 is 0. The molecule has 1 aromatic carbocycles. The van der Waals surface area contributed by atoms with Gasteiger partial charge in [-0.1, -0.05) is 64.5 Å². The molecule has 0 radical (unpaired) electrons. The Morgan fingerprint density at radius 3 is 2.19 bits per heavy atom. The molecule has 0 saturated heterocycles. The number of nitrogen functional groups attached to an aromatic ring is 1. The number of Topliss-reactive ketones (excluding diaryl/α,β-unsaturated/α-hetero) is 1. The summed E-state index contributed by atoms with van der Waals surface area (Å²) >= 11 is 0.